The van der Waals surface area contributed by atoms with Gasteiger partial charge in [0, 0.05) is 31.1 Å². The fraction of sp³-hybridized carbons (Fsp3) is 0.500. The van der Waals surface area contributed by atoms with E-state index in [0.717, 1.165) is 25.4 Å². The van der Waals surface area contributed by atoms with Gasteiger partial charge in [-0.1, -0.05) is 18.2 Å². The zero-order chi connectivity index (χ0) is 12.5. The summed E-state index contributed by atoms with van der Waals surface area (Å²) in [6.45, 7) is 5.05. The van der Waals surface area contributed by atoms with Crippen LogP contribution in [0.3, 0.4) is 0 Å². The van der Waals surface area contributed by atoms with Crippen LogP contribution in [0.25, 0.3) is 0 Å². The van der Waals surface area contributed by atoms with Crippen molar-refractivity contribution in [2.75, 3.05) is 26.2 Å². The number of piperazine rings is 1. The summed E-state index contributed by atoms with van der Waals surface area (Å²) in [6, 6.07) is 8.05. The Kier molecular flexibility index (Phi) is 2.96. The number of nitrogens with one attached hydrogen (secondary N) is 1. The summed E-state index contributed by atoms with van der Waals surface area (Å²) in [4.78, 5) is 14.0. The number of hydrogen-bond acceptors (Lipinski definition) is 3. The first-order chi connectivity index (χ1) is 8.75. The summed E-state index contributed by atoms with van der Waals surface area (Å²) in [6.07, 6.45) is 0. The first-order valence-electron chi connectivity index (χ1n) is 6.49. The predicted molar refractivity (Wildman–Crippen MR) is 68.7 cm³/mol. The van der Waals surface area contributed by atoms with E-state index in [1.807, 2.05) is 30.0 Å². The van der Waals surface area contributed by atoms with E-state index in [2.05, 4.69) is 11.4 Å². The molecule has 4 nitrogen and oxygen atoms in total. The summed E-state index contributed by atoms with van der Waals surface area (Å²) in [5.41, 5.74) is 1.23. The van der Waals surface area contributed by atoms with Crippen molar-refractivity contribution >= 4 is 5.91 Å². The van der Waals surface area contributed by atoms with Gasteiger partial charge in [-0.05, 0) is 13.0 Å². The molecule has 0 aromatic heterocycles. The van der Waals surface area contributed by atoms with E-state index in [-0.39, 0.29) is 11.9 Å². The number of hydrogen-bond donors (Lipinski definition) is 1. The van der Waals surface area contributed by atoms with Crippen molar-refractivity contribution in [1.29, 1.82) is 0 Å². The van der Waals surface area contributed by atoms with Crippen LogP contribution in [0.4, 0.5) is 0 Å². The lowest BCUT2D eigenvalue weighted by Crippen LogP contribution is -2.54. The molecule has 4 heteroatoms. The number of nitrogens with zero attached hydrogens (tertiary/aromatic N) is 1. The highest BCUT2D eigenvalue weighted by molar-refractivity contribution is 5.82. The van der Waals surface area contributed by atoms with E-state index in [4.69, 9.17) is 4.74 Å². The maximum Gasteiger partial charge on any atom is 0.239 e. The molecule has 1 saturated heterocycles. The van der Waals surface area contributed by atoms with E-state index in [0.29, 0.717) is 12.5 Å². The molecule has 18 heavy (non-hydrogen) atoms. The molecule has 96 valence electrons. The Morgan fingerprint density at radius 2 is 2.28 bits per heavy atom. The summed E-state index contributed by atoms with van der Waals surface area (Å²) in [5.74, 6) is 1.49. The van der Waals surface area contributed by atoms with E-state index in [1.54, 1.807) is 0 Å². The molecule has 1 fully saturated rings. The number of para-hydroxylation sites is 1. The van der Waals surface area contributed by atoms with Gasteiger partial charge in [-0.25, -0.2) is 0 Å². The summed E-state index contributed by atoms with van der Waals surface area (Å²) >= 11 is 0. The number of benzene rings is 1. The smallest absolute Gasteiger partial charge is 0.239 e. The Bertz CT molecular complexity index is 461. The molecule has 2 atom stereocenters. The summed E-state index contributed by atoms with van der Waals surface area (Å²) in [5, 5.41) is 3.18. The van der Waals surface area contributed by atoms with Crippen molar-refractivity contribution in [3.63, 3.8) is 0 Å². The van der Waals surface area contributed by atoms with Gasteiger partial charge in [0.15, 0.2) is 0 Å². The third kappa shape index (κ3) is 1.97. The molecule has 0 spiro atoms. The molecular formula is C14H18N2O2. The Labute approximate surface area is 107 Å². The van der Waals surface area contributed by atoms with Crippen LogP contribution in [0.15, 0.2) is 24.3 Å². The minimum absolute atomic E-state index is 0.0590. The molecule has 2 aliphatic rings. The maximum absolute atomic E-state index is 12.0. The second-order valence-electron chi connectivity index (χ2n) is 5.01. The third-order valence-corrected chi connectivity index (χ3v) is 3.75. The van der Waals surface area contributed by atoms with Crippen LogP contribution in [0.1, 0.15) is 18.4 Å². The number of amides is 1. The van der Waals surface area contributed by atoms with Gasteiger partial charge in [-0.2, -0.15) is 0 Å². The normalized spacial score (nSPS) is 26.9. The zero-order valence-electron chi connectivity index (χ0n) is 10.6. The monoisotopic (exact) mass is 246 g/mol. The van der Waals surface area contributed by atoms with E-state index in [9.17, 15) is 4.79 Å². The number of ether oxygens (including phenoxy) is 1. The molecule has 2 heterocycles. The van der Waals surface area contributed by atoms with E-state index in [1.165, 1.54) is 5.56 Å². The highest BCUT2D eigenvalue weighted by Gasteiger charge is 2.30. The van der Waals surface area contributed by atoms with Gasteiger partial charge < -0.3 is 15.0 Å². The average Bonchev–Trinajstić information content (AvgIpc) is 2.79. The Morgan fingerprint density at radius 1 is 1.44 bits per heavy atom. The van der Waals surface area contributed by atoms with Gasteiger partial charge in [0.05, 0.1) is 12.6 Å². The van der Waals surface area contributed by atoms with Crippen LogP contribution < -0.4 is 10.1 Å². The predicted octanol–water partition coefficient (Wildman–Crippen LogP) is 0.983. The molecular weight excluding hydrogens is 228 g/mol. The molecule has 3 rings (SSSR count). The molecule has 2 aliphatic heterocycles. The lowest BCUT2D eigenvalue weighted by atomic mass is 10.00. The van der Waals surface area contributed by atoms with Gasteiger partial charge >= 0.3 is 0 Å². The maximum atomic E-state index is 12.0. The molecule has 0 bridgehead atoms. The van der Waals surface area contributed by atoms with Crippen molar-refractivity contribution in [2.24, 2.45) is 0 Å². The largest absolute Gasteiger partial charge is 0.493 e. The highest BCUT2D eigenvalue weighted by atomic mass is 16.5. The highest BCUT2D eigenvalue weighted by Crippen LogP contribution is 2.34. The first kappa shape index (κ1) is 11.5. The van der Waals surface area contributed by atoms with Crippen molar-refractivity contribution in [2.45, 2.75) is 18.9 Å². The molecule has 1 N–H and O–H groups in total. The zero-order valence-corrected chi connectivity index (χ0v) is 10.6. The standard InChI is InChI=1S/C14H18N2O2/c1-10-14(17)16(7-6-15-10)8-11-9-18-13-5-3-2-4-12(11)13/h2-5,10-11,15H,6-9H2,1H3. The van der Waals surface area contributed by atoms with E-state index >= 15 is 0 Å². The fourth-order valence-electron chi connectivity index (χ4n) is 2.72. The lowest BCUT2D eigenvalue weighted by molar-refractivity contribution is -0.135. The summed E-state index contributed by atoms with van der Waals surface area (Å²) in [7, 11) is 0. The molecule has 1 amide bonds. The van der Waals surface area contributed by atoms with Gasteiger partial charge in [-0.3, -0.25) is 4.79 Å². The molecule has 1 aromatic carbocycles. The van der Waals surface area contributed by atoms with Gasteiger partial charge in [0.25, 0.3) is 0 Å². The topological polar surface area (TPSA) is 41.6 Å². The third-order valence-electron chi connectivity index (χ3n) is 3.75. The van der Waals surface area contributed by atoms with Crippen LogP contribution in [-0.2, 0) is 4.79 Å². The average molecular weight is 246 g/mol. The van der Waals surface area contributed by atoms with Crippen molar-refractivity contribution in [3.05, 3.63) is 29.8 Å². The number of carbonyl (C=O) groups excluding carboxylic acids is 1. The van der Waals surface area contributed by atoms with Gasteiger partial charge in [0.1, 0.15) is 5.75 Å². The second-order valence-corrected chi connectivity index (χ2v) is 5.01. The molecule has 0 radical (unpaired) electrons. The first-order valence-corrected chi connectivity index (χ1v) is 6.49. The van der Waals surface area contributed by atoms with Gasteiger partial charge in [-0.15, -0.1) is 0 Å². The van der Waals surface area contributed by atoms with Crippen molar-refractivity contribution in [1.82, 2.24) is 10.2 Å². The van der Waals surface area contributed by atoms with E-state index < -0.39 is 0 Å². The van der Waals surface area contributed by atoms with Crippen molar-refractivity contribution in [3.8, 4) is 5.75 Å². The SMILES string of the molecule is CC1NCCN(CC2COc3ccccc32)C1=O. The van der Waals surface area contributed by atoms with Crippen LogP contribution in [-0.4, -0.2) is 43.1 Å². The van der Waals surface area contributed by atoms with Gasteiger partial charge in [0.2, 0.25) is 5.91 Å². The Hall–Kier alpha value is -1.55. The van der Waals surface area contributed by atoms with Crippen LogP contribution in [0.2, 0.25) is 0 Å². The number of fused-ring (bicyclic) bond motifs is 1. The quantitative estimate of drug-likeness (QED) is 0.846. The van der Waals surface area contributed by atoms with Crippen molar-refractivity contribution < 1.29 is 9.53 Å². The summed E-state index contributed by atoms with van der Waals surface area (Å²) < 4.78 is 5.66. The molecule has 0 saturated carbocycles. The number of carbonyl (C=O) groups is 1. The van der Waals surface area contributed by atoms with Crippen LogP contribution in [0, 0.1) is 0 Å². The molecule has 0 aliphatic carbocycles. The molecule has 1 aromatic rings. The van der Waals surface area contributed by atoms with Crippen LogP contribution in [0.5, 0.6) is 5.75 Å². The Morgan fingerprint density at radius 3 is 3.17 bits per heavy atom. The molecule has 2 unspecified atom stereocenters. The minimum atomic E-state index is -0.0590. The lowest BCUT2D eigenvalue weighted by Gasteiger charge is -2.33. The Balaban J connectivity index is 1.73. The second kappa shape index (κ2) is 4.61. The van der Waals surface area contributed by atoms with Crippen LogP contribution >= 0.6 is 0 Å². The fourth-order valence-corrected chi connectivity index (χ4v) is 2.72. The minimum Gasteiger partial charge on any atom is -0.493 e. The number of rotatable bonds is 2.